The molecule has 100 valence electrons. The first-order valence-corrected chi connectivity index (χ1v) is 5.94. The molecular formula is C15H16O4. The van der Waals surface area contributed by atoms with Crippen LogP contribution < -0.4 is 9.47 Å². The highest BCUT2D eigenvalue weighted by Crippen LogP contribution is 2.28. The summed E-state index contributed by atoms with van der Waals surface area (Å²) in [5, 5.41) is 19.7. The Morgan fingerprint density at radius 2 is 1.63 bits per heavy atom. The summed E-state index contributed by atoms with van der Waals surface area (Å²) in [4.78, 5) is 0. The SMILES string of the molecule is COc1ccccc1C(O)COc1ccccc1O. The second-order valence-corrected chi connectivity index (χ2v) is 4.04. The molecule has 2 aromatic rings. The van der Waals surface area contributed by atoms with Gasteiger partial charge in [0.2, 0.25) is 0 Å². The number of para-hydroxylation sites is 3. The maximum atomic E-state index is 10.1. The first-order chi connectivity index (χ1) is 9.22. The lowest BCUT2D eigenvalue weighted by Gasteiger charge is -2.15. The van der Waals surface area contributed by atoms with Gasteiger partial charge in [-0.2, -0.15) is 0 Å². The molecule has 2 aromatic carbocycles. The highest BCUT2D eigenvalue weighted by atomic mass is 16.5. The van der Waals surface area contributed by atoms with Gasteiger partial charge >= 0.3 is 0 Å². The van der Waals surface area contributed by atoms with Gasteiger partial charge in [-0.15, -0.1) is 0 Å². The largest absolute Gasteiger partial charge is 0.504 e. The summed E-state index contributed by atoms with van der Waals surface area (Å²) >= 11 is 0. The van der Waals surface area contributed by atoms with E-state index in [0.29, 0.717) is 17.1 Å². The molecule has 0 spiro atoms. The van der Waals surface area contributed by atoms with Gasteiger partial charge in [0.15, 0.2) is 11.5 Å². The molecule has 2 N–H and O–H groups in total. The number of benzene rings is 2. The minimum absolute atomic E-state index is 0.0396. The third kappa shape index (κ3) is 3.17. The van der Waals surface area contributed by atoms with Crippen LogP contribution in [0.2, 0.25) is 0 Å². The molecule has 0 aromatic heterocycles. The van der Waals surface area contributed by atoms with Crippen molar-refractivity contribution < 1.29 is 19.7 Å². The molecule has 0 heterocycles. The highest BCUT2D eigenvalue weighted by molar-refractivity contribution is 5.38. The van der Waals surface area contributed by atoms with Crippen LogP contribution in [0.25, 0.3) is 0 Å². The van der Waals surface area contributed by atoms with E-state index in [4.69, 9.17) is 9.47 Å². The molecule has 0 saturated heterocycles. The molecule has 0 aliphatic heterocycles. The van der Waals surface area contributed by atoms with Crippen LogP contribution in [0.15, 0.2) is 48.5 Å². The zero-order valence-electron chi connectivity index (χ0n) is 10.6. The number of methoxy groups -OCH3 is 1. The molecule has 1 atom stereocenters. The lowest BCUT2D eigenvalue weighted by molar-refractivity contribution is 0.104. The predicted octanol–water partition coefficient (Wildman–Crippen LogP) is 2.51. The van der Waals surface area contributed by atoms with E-state index in [0.717, 1.165) is 0 Å². The molecular weight excluding hydrogens is 244 g/mol. The van der Waals surface area contributed by atoms with Crippen LogP contribution in [0.5, 0.6) is 17.2 Å². The predicted molar refractivity (Wildman–Crippen MR) is 71.6 cm³/mol. The lowest BCUT2D eigenvalue weighted by atomic mass is 10.1. The summed E-state index contributed by atoms with van der Waals surface area (Å²) in [6, 6.07) is 13.8. The fraction of sp³-hybridized carbons (Fsp3) is 0.200. The number of rotatable bonds is 5. The van der Waals surface area contributed by atoms with E-state index in [9.17, 15) is 10.2 Å². The summed E-state index contributed by atoms with van der Waals surface area (Å²) in [7, 11) is 1.55. The monoisotopic (exact) mass is 260 g/mol. The van der Waals surface area contributed by atoms with Gasteiger partial charge in [0.05, 0.1) is 7.11 Å². The summed E-state index contributed by atoms with van der Waals surface area (Å²) < 4.78 is 10.6. The van der Waals surface area contributed by atoms with Crippen molar-refractivity contribution in [3.8, 4) is 17.2 Å². The molecule has 0 saturated carbocycles. The Labute approximate surface area is 111 Å². The van der Waals surface area contributed by atoms with Gasteiger partial charge in [0.25, 0.3) is 0 Å². The molecule has 0 amide bonds. The van der Waals surface area contributed by atoms with Crippen LogP contribution in [0.4, 0.5) is 0 Å². The first-order valence-electron chi connectivity index (χ1n) is 5.94. The van der Waals surface area contributed by atoms with Crippen molar-refractivity contribution >= 4 is 0 Å². The van der Waals surface area contributed by atoms with Crippen LogP contribution >= 0.6 is 0 Å². The van der Waals surface area contributed by atoms with E-state index in [1.54, 1.807) is 37.4 Å². The number of aliphatic hydroxyl groups excluding tert-OH is 1. The Balaban J connectivity index is 2.05. The fourth-order valence-electron chi connectivity index (χ4n) is 1.78. The maximum Gasteiger partial charge on any atom is 0.161 e. The van der Waals surface area contributed by atoms with Gasteiger partial charge in [0.1, 0.15) is 18.5 Å². The normalized spacial score (nSPS) is 11.9. The second-order valence-electron chi connectivity index (χ2n) is 4.04. The fourth-order valence-corrected chi connectivity index (χ4v) is 1.78. The third-order valence-corrected chi connectivity index (χ3v) is 2.76. The molecule has 0 bridgehead atoms. The van der Waals surface area contributed by atoms with Gasteiger partial charge in [-0.05, 0) is 18.2 Å². The Morgan fingerprint density at radius 3 is 2.32 bits per heavy atom. The van der Waals surface area contributed by atoms with Crippen LogP contribution in [0.1, 0.15) is 11.7 Å². The summed E-state index contributed by atoms with van der Waals surface area (Å²) in [5.41, 5.74) is 0.653. The average Bonchev–Trinajstić information content (AvgIpc) is 2.46. The van der Waals surface area contributed by atoms with Crippen LogP contribution in [0, 0.1) is 0 Å². The first kappa shape index (κ1) is 13.2. The number of aromatic hydroxyl groups is 1. The van der Waals surface area contributed by atoms with Crippen molar-refractivity contribution in [2.45, 2.75) is 6.10 Å². The van der Waals surface area contributed by atoms with Crippen molar-refractivity contribution in [2.75, 3.05) is 13.7 Å². The zero-order valence-corrected chi connectivity index (χ0v) is 10.6. The molecule has 0 aliphatic rings. The van der Waals surface area contributed by atoms with Crippen molar-refractivity contribution in [2.24, 2.45) is 0 Å². The molecule has 4 heteroatoms. The van der Waals surface area contributed by atoms with Crippen molar-refractivity contribution in [3.05, 3.63) is 54.1 Å². The van der Waals surface area contributed by atoms with Gasteiger partial charge in [0, 0.05) is 5.56 Å². The van der Waals surface area contributed by atoms with Gasteiger partial charge < -0.3 is 19.7 Å². The minimum atomic E-state index is -0.823. The maximum absolute atomic E-state index is 10.1. The van der Waals surface area contributed by atoms with Gasteiger partial charge in [-0.1, -0.05) is 30.3 Å². The van der Waals surface area contributed by atoms with Crippen molar-refractivity contribution in [1.29, 1.82) is 0 Å². The third-order valence-electron chi connectivity index (χ3n) is 2.76. The number of phenols is 1. The molecule has 0 radical (unpaired) electrons. The second kappa shape index (κ2) is 6.11. The van der Waals surface area contributed by atoms with E-state index >= 15 is 0 Å². The van der Waals surface area contributed by atoms with E-state index in [2.05, 4.69) is 0 Å². The van der Waals surface area contributed by atoms with Gasteiger partial charge in [-0.25, -0.2) is 0 Å². The zero-order chi connectivity index (χ0) is 13.7. The van der Waals surface area contributed by atoms with E-state index in [-0.39, 0.29) is 12.4 Å². The van der Waals surface area contributed by atoms with Crippen molar-refractivity contribution in [3.63, 3.8) is 0 Å². The summed E-state index contributed by atoms with van der Waals surface area (Å²) in [5.74, 6) is 1.00. The molecule has 4 nitrogen and oxygen atoms in total. The van der Waals surface area contributed by atoms with E-state index in [1.165, 1.54) is 6.07 Å². The minimum Gasteiger partial charge on any atom is -0.504 e. The summed E-state index contributed by atoms with van der Waals surface area (Å²) in [6.45, 7) is 0.0396. The number of ether oxygens (including phenoxy) is 2. The molecule has 0 fully saturated rings. The number of hydrogen-bond donors (Lipinski definition) is 2. The molecule has 2 rings (SSSR count). The van der Waals surface area contributed by atoms with Gasteiger partial charge in [-0.3, -0.25) is 0 Å². The number of phenolic OH excluding ortho intramolecular Hbond substituents is 1. The topological polar surface area (TPSA) is 58.9 Å². The van der Waals surface area contributed by atoms with Crippen LogP contribution in [-0.4, -0.2) is 23.9 Å². The smallest absolute Gasteiger partial charge is 0.161 e. The molecule has 19 heavy (non-hydrogen) atoms. The Bertz CT molecular complexity index is 539. The average molecular weight is 260 g/mol. The Morgan fingerprint density at radius 1 is 1.00 bits per heavy atom. The van der Waals surface area contributed by atoms with Crippen LogP contribution in [0.3, 0.4) is 0 Å². The van der Waals surface area contributed by atoms with Crippen molar-refractivity contribution in [1.82, 2.24) is 0 Å². The highest BCUT2D eigenvalue weighted by Gasteiger charge is 2.14. The molecule has 0 aliphatic carbocycles. The van der Waals surface area contributed by atoms with Crippen LogP contribution in [-0.2, 0) is 0 Å². The van der Waals surface area contributed by atoms with E-state index in [1.807, 2.05) is 12.1 Å². The lowest BCUT2D eigenvalue weighted by Crippen LogP contribution is -2.10. The number of hydrogen-bond acceptors (Lipinski definition) is 4. The Hall–Kier alpha value is -2.20. The quantitative estimate of drug-likeness (QED) is 0.867. The number of aliphatic hydroxyl groups is 1. The summed E-state index contributed by atoms with van der Waals surface area (Å²) in [6.07, 6.45) is -0.823. The van der Waals surface area contributed by atoms with E-state index < -0.39 is 6.10 Å². The standard InChI is InChI=1S/C15H16O4/c1-18-14-8-4-2-6-11(14)13(17)10-19-15-9-5-3-7-12(15)16/h2-9,13,16-17H,10H2,1H3. The molecule has 1 unspecified atom stereocenters. The Kier molecular flexibility index (Phi) is 4.26.